The third kappa shape index (κ3) is 4.45. The van der Waals surface area contributed by atoms with Crippen LogP contribution >= 0.6 is 11.8 Å². The van der Waals surface area contributed by atoms with E-state index < -0.39 is 5.82 Å². The minimum absolute atomic E-state index is 0.295. The van der Waals surface area contributed by atoms with Crippen molar-refractivity contribution in [3.8, 4) is 5.69 Å². The van der Waals surface area contributed by atoms with Crippen LogP contribution in [-0.2, 0) is 5.75 Å². The number of halogens is 1. The van der Waals surface area contributed by atoms with Crippen molar-refractivity contribution in [3.63, 3.8) is 0 Å². The lowest BCUT2D eigenvalue weighted by Crippen LogP contribution is -2.13. The number of pyridine rings is 1. The maximum absolute atomic E-state index is 14.8. The lowest BCUT2D eigenvalue weighted by Gasteiger charge is -2.11. The molecule has 170 valence electrons. The summed E-state index contributed by atoms with van der Waals surface area (Å²) in [5.41, 5.74) is 4.71. The number of thioether (sulfide) groups is 1. The van der Waals surface area contributed by atoms with Gasteiger partial charge < -0.3 is 9.72 Å². The van der Waals surface area contributed by atoms with E-state index in [1.165, 1.54) is 17.8 Å². The summed E-state index contributed by atoms with van der Waals surface area (Å²) < 4.78 is 18.4. The molecule has 0 saturated heterocycles. The number of carbonyl (C=O) groups is 1. The van der Waals surface area contributed by atoms with E-state index in [-0.39, 0.29) is 5.91 Å². The quantitative estimate of drug-likeness (QED) is 0.317. The van der Waals surface area contributed by atoms with Gasteiger partial charge in [0.1, 0.15) is 11.3 Å². The smallest absolute Gasteiger partial charge is 0.256 e. The zero-order chi connectivity index (χ0) is 23.7. The first-order valence-electron chi connectivity index (χ1n) is 10.8. The van der Waals surface area contributed by atoms with Crippen molar-refractivity contribution in [1.29, 1.82) is 0 Å². The molecule has 0 aliphatic rings. The number of aryl methyl sites for hydroxylation is 2. The van der Waals surface area contributed by atoms with Gasteiger partial charge in [-0.25, -0.2) is 14.1 Å². The topological polar surface area (TPSA) is 64.2 Å². The largest absolute Gasteiger partial charge is 0.322 e. The molecular weight excluding hydrogens is 449 g/mol. The van der Waals surface area contributed by atoms with Crippen LogP contribution in [0.25, 0.3) is 11.3 Å². The molecule has 0 aliphatic heterocycles. The first kappa shape index (κ1) is 21.9. The summed E-state index contributed by atoms with van der Waals surface area (Å²) in [6.07, 6.45) is 3.94. The number of aromatic nitrogens is 4. The number of nitrogens with zero attached hydrogens (tertiary/aromatic N) is 4. The first-order chi connectivity index (χ1) is 16.5. The Morgan fingerprint density at radius 1 is 1.06 bits per heavy atom. The second-order valence-corrected chi connectivity index (χ2v) is 8.96. The zero-order valence-electron chi connectivity index (χ0n) is 18.7. The molecular formula is C26H22FN5OS. The number of hydrogen-bond donors (Lipinski definition) is 1. The summed E-state index contributed by atoms with van der Waals surface area (Å²) in [4.78, 5) is 18.5. The van der Waals surface area contributed by atoms with Gasteiger partial charge in [0, 0.05) is 34.4 Å². The van der Waals surface area contributed by atoms with Crippen LogP contribution in [0.3, 0.4) is 0 Å². The molecule has 1 N–H and O–H groups in total. The molecule has 0 unspecified atom stereocenters. The summed E-state index contributed by atoms with van der Waals surface area (Å²) in [7, 11) is 0. The average Bonchev–Trinajstić information content (AvgIpc) is 3.39. The van der Waals surface area contributed by atoms with Gasteiger partial charge in [-0.3, -0.25) is 4.79 Å². The monoisotopic (exact) mass is 471 g/mol. The summed E-state index contributed by atoms with van der Waals surface area (Å²) >= 11 is 1.54. The fourth-order valence-electron chi connectivity index (χ4n) is 3.82. The van der Waals surface area contributed by atoms with Crippen molar-refractivity contribution < 1.29 is 9.18 Å². The fraction of sp³-hybridized carbons (Fsp3) is 0.115. The molecule has 5 aromatic rings. The van der Waals surface area contributed by atoms with E-state index in [0.717, 1.165) is 27.6 Å². The minimum atomic E-state index is -0.460. The standard InChI is InChI=1S/C26H22FN5OS/c1-17-13-18(2)32(30-17)23-11-10-19(14-22(23)27)29-26(33)21-7-3-4-8-24(21)34-16-20-15-31-12-6-5-9-25(31)28-20/h3-15H,16H2,1-2H3,(H,29,33). The molecule has 2 aromatic carbocycles. The molecule has 0 saturated carbocycles. The maximum Gasteiger partial charge on any atom is 0.256 e. The Bertz CT molecular complexity index is 1470. The normalized spacial score (nSPS) is 11.1. The van der Waals surface area contributed by atoms with Gasteiger partial charge in [-0.05, 0) is 62.4 Å². The molecule has 0 atom stereocenters. The van der Waals surface area contributed by atoms with Gasteiger partial charge >= 0.3 is 0 Å². The van der Waals surface area contributed by atoms with Crippen LogP contribution < -0.4 is 5.32 Å². The SMILES string of the molecule is Cc1cc(C)n(-c2ccc(NC(=O)c3ccccc3SCc3cn4ccccc4n3)cc2F)n1. The van der Waals surface area contributed by atoms with Crippen molar-refractivity contribution >= 4 is 29.0 Å². The van der Waals surface area contributed by atoms with Gasteiger partial charge in [-0.2, -0.15) is 5.10 Å². The summed E-state index contributed by atoms with van der Waals surface area (Å²) in [6, 6.07) is 19.7. The Hall–Kier alpha value is -3.91. The molecule has 0 aliphatic carbocycles. The van der Waals surface area contributed by atoms with E-state index in [1.54, 1.807) is 22.9 Å². The molecule has 5 rings (SSSR count). The molecule has 3 heterocycles. The fourth-order valence-corrected chi connectivity index (χ4v) is 4.75. The summed E-state index contributed by atoms with van der Waals surface area (Å²) in [5, 5.41) is 7.15. The van der Waals surface area contributed by atoms with E-state index in [1.807, 2.05) is 73.1 Å². The second kappa shape index (κ2) is 9.15. The zero-order valence-corrected chi connectivity index (χ0v) is 19.5. The lowest BCUT2D eigenvalue weighted by atomic mass is 10.2. The van der Waals surface area contributed by atoms with Crippen molar-refractivity contribution in [2.45, 2.75) is 24.5 Å². The molecule has 0 radical (unpaired) electrons. The number of anilines is 1. The molecule has 8 heteroatoms. The number of amides is 1. The van der Waals surface area contributed by atoms with Crippen LogP contribution in [0.2, 0.25) is 0 Å². The Morgan fingerprint density at radius 2 is 1.88 bits per heavy atom. The number of nitrogens with one attached hydrogen (secondary N) is 1. The van der Waals surface area contributed by atoms with E-state index in [0.29, 0.717) is 22.7 Å². The van der Waals surface area contributed by atoms with Gasteiger partial charge in [0.05, 0.1) is 17.0 Å². The number of rotatable bonds is 6. The predicted molar refractivity (Wildman–Crippen MR) is 132 cm³/mol. The van der Waals surface area contributed by atoms with Gasteiger partial charge in [-0.1, -0.05) is 18.2 Å². The Balaban J connectivity index is 1.32. The van der Waals surface area contributed by atoms with E-state index in [9.17, 15) is 9.18 Å². The molecule has 3 aromatic heterocycles. The molecule has 6 nitrogen and oxygen atoms in total. The minimum Gasteiger partial charge on any atom is -0.322 e. The Kier molecular flexibility index (Phi) is 5.90. The number of carbonyl (C=O) groups excluding carboxylic acids is 1. The highest BCUT2D eigenvalue weighted by molar-refractivity contribution is 7.98. The van der Waals surface area contributed by atoms with Crippen LogP contribution in [0, 0.1) is 19.7 Å². The molecule has 0 fully saturated rings. The highest BCUT2D eigenvalue weighted by Crippen LogP contribution is 2.27. The molecule has 1 amide bonds. The third-order valence-electron chi connectivity index (χ3n) is 5.36. The van der Waals surface area contributed by atoms with E-state index >= 15 is 0 Å². The molecule has 0 bridgehead atoms. The Labute approximate surface area is 200 Å². The van der Waals surface area contributed by atoms with Crippen LogP contribution in [0.5, 0.6) is 0 Å². The highest BCUT2D eigenvalue weighted by Gasteiger charge is 2.15. The van der Waals surface area contributed by atoms with Crippen LogP contribution in [0.4, 0.5) is 10.1 Å². The number of hydrogen-bond acceptors (Lipinski definition) is 4. The summed E-state index contributed by atoms with van der Waals surface area (Å²) in [6.45, 7) is 3.73. The summed E-state index contributed by atoms with van der Waals surface area (Å²) in [5.74, 6) is -0.132. The number of benzene rings is 2. The van der Waals surface area contributed by atoms with Crippen LogP contribution in [0.1, 0.15) is 27.4 Å². The maximum atomic E-state index is 14.8. The number of fused-ring (bicyclic) bond motifs is 1. The second-order valence-electron chi connectivity index (χ2n) is 7.94. The van der Waals surface area contributed by atoms with Gasteiger partial charge in [-0.15, -0.1) is 11.8 Å². The lowest BCUT2D eigenvalue weighted by molar-refractivity contribution is 0.102. The van der Waals surface area contributed by atoms with Crippen molar-refractivity contribution in [3.05, 3.63) is 108 Å². The van der Waals surface area contributed by atoms with Gasteiger partial charge in [0.25, 0.3) is 5.91 Å². The van der Waals surface area contributed by atoms with E-state index in [4.69, 9.17) is 0 Å². The molecule has 34 heavy (non-hydrogen) atoms. The van der Waals surface area contributed by atoms with E-state index in [2.05, 4.69) is 15.4 Å². The number of imidazole rings is 1. The average molecular weight is 472 g/mol. The van der Waals surface area contributed by atoms with Crippen molar-refractivity contribution in [2.24, 2.45) is 0 Å². The first-order valence-corrected chi connectivity index (χ1v) is 11.8. The highest BCUT2D eigenvalue weighted by atomic mass is 32.2. The van der Waals surface area contributed by atoms with Crippen LogP contribution in [0.15, 0.2) is 84.0 Å². The third-order valence-corrected chi connectivity index (χ3v) is 6.47. The Morgan fingerprint density at radius 3 is 2.65 bits per heavy atom. The molecule has 0 spiro atoms. The van der Waals surface area contributed by atoms with Gasteiger partial charge in [0.15, 0.2) is 5.82 Å². The van der Waals surface area contributed by atoms with Gasteiger partial charge in [0.2, 0.25) is 0 Å². The van der Waals surface area contributed by atoms with Crippen molar-refractivity contribution in [2.75, 3.05) is 5.32 Å². The predicted octanol–water partition coefficient (Wildman–Crippen LogP) is 5.82. The van der Waals surface area contributed by atoms with Crippen LogP contribution in [-0.4, -0.2) is 25.1 Å². The van der Waals surface area contributed by atoms with Crippen molar-refractivity contribution in [1.82, 2.24) is 19.2 Å².